The topological polar surface area (TPSA) is 56.0 Å². The van der Waals surface area contributed by atoms with Crippen molar-refractivity contribution in [3.8, 4) is 6.07 Å². The summed E-state index contributed by atoms with van der Waals surface area (Å²) in [5.74, 6) is 0. The first-order valence-corrected chi connectivity index (χ1v) is 7.19. The summed E-state index contributed by atoms with van der Waals surface area (Å²) in [7, 11) is 0. The minimum atomic E-state index is 0.0300. The lowest BCUT2D eigenvalue weighted by Crippen LogP contribution is -2.41. The molecule has 0 aromatic heterocycles. The summed E-state index contributed by atoms with van der Waals surface area (Å²) in [4.78, 5) is 0. The first-order valence-electron chi connectivity index (χ1n) is 7.19. The van der Waals surface area contributed by atoms with Gasteiger partial charge in [0.05, 0.1) is 11.6 Å². The molecule has 2 rings (SSSR count). The summed E-state index contributed by atoms with van der Waals surface area (Å²) in [6, 6.07) is 10.1. The highest BCUT2D eigenvalue weighted by Crippen LogP contribution is 2.37. The Labute approximate surface area is 120 Å². The van der Waals surface area contributed by atoms with E-state index in [-0.39, 0.29) is 12.0 Å². The van der Waals surface area contributed by atoms with Gasteiger partial charge in [0.1, 0.15) is 0 Å². The molecular weight excluding hydrogens is 248 g/mol. The van der Waals surface area contributed by atoms with Crippen molar-refractivity contribution in [2.24, 2.45) is 5.41 Å². The molecule has 3 heteroatoms. The van der Waals surface area contributed by atoms with E-state index in [2.05, 4.69) is 30.5 Å². The van der Waals surface area contributed by atoms with Crippen LogP contribution in [0.15, 0.2) is 30.3 Å². The molecule has 3 nitrogen and oxygen atoms in total. The molecule has 0 saturated heterocycles. The highest BCUT2D eigenvalue weighted by Gasteiger charge is 2.37. The zero-order valence-corrected chi connectivity index (χ0v) is 12.0. The molecule has 1 aromatic rings. The van der Waals surface area contributed by atoms with Crippen molar-refractivity contribution in [2.75, 3.05) is 13.2 Å². The second kappa shape index (κ2) is 6.69. The third-order valence-corrected chi connectivity index (χ3v) is 4.28. The standard InChI is InChI=1S/C17H22N2O/c1-17(13-20)10-2-5-16(17)19-11-3-4-14-6-8-15(12-18)9-7-14/h3-4,6-9,16,19-20H,2,5,10-11,13H2,1H3/b4-3+. The second-order valence-corrected chi connectivity index (χ2v) is 5.80. The smallest absolute Gasteiger partial charge is 0.0991 e. The Kier molecular flexibility index (Phi) is 4.94. The third-order valence-electron chi connectivity index (χ3n) is 4.28. The quantitative estimate of drug-likeness (QED) is 0.865. The van der Waals surface area contributed by atoms with Crippen LogP contribution in [0.25, 0.3) is 6.08 Å². The Bertz CT molecular complexity index is 501. The van der Waals surface area contributed by atoms with Crippen LogP contribution in [0, 0.1) is 16.7 Å². The van der Waals surface area contributed by atoms with Gasteiger partial charge in [0, 0.05) is 24.6 Å². The van der Waals surface area contributed by atoms with E-state index in [4.69, 9.17) is 5.26 Å². The lowest BCUT2D eigenvalue weighted by Gasteiger charge is -2.29. The molecule has 0 bridgehead atoms. The summed E-state index contributed by atoms with van der Waals surface area (Å²) in [6.45, 7) is 3.21. The van der Waals surface area contributed by atoms with Gasteiger partial charge in [0.2, 0.25) is 0 Å². The fraction of sp³-hybridized carbons (Fsp3) is 0.471. The predicted octanol–water partition coefficient (Wildman–Crippen LogP) is 2.71. The van der Waals surface area contributed by atoms with E-state index in [9.17, 15) is 5.11 Å². The summed E-state index contributed by atoms with van der Waals surface area (Å²) in [5, 5.41) is 21.7. The molecule has 1 fully saturated rings. The summed E-state index contributed by atoms with van der Waals surface area (Å²) < 4.78 is 0. The minimum absolute atomic E-state index is 0.0300. The SMILES string of the molecule is CC1(CO)CCCC1NC/C=C/c1ccc(C#N)cc1. The van der Waals surface area contributed by atoms with Gasteiger partial charge in [-0.1, -0.05) is 37.6 Å². The number of hydrogen-bond donors (Lipinski definition) is 2. The maximum absolute atomic E-state index is 9.50. The molecule has 1 aliphatic rings. The van der Waals surface area contributed by atoms with Gasteiger partial charge in [-0.05, 0) is 30.5 Å². The van der Waals surface area contributed by atoms with Crippen molar-refractivity contribution in [1.29, 1.82) is 5.26 Å². The molecule has 0 radical (unpaired) electrons. The number of nitriles is 1. The third kappa shape index (κ3) is 3.47. The summed E-state index contributed by atoms with van der Waals surface area (Å²) in [5.41, 5.74) is 1.81. The maximum atomic E-state index is 9.50. The number of aliphatic hydroxyl groups is 1. The van der Waals surface area contributed by atoms with Crippen LogP contribution in [0.2, 0.25) is 0 Å². The molecule has 0 heterocycles. The van der Waals surface area contributed by atoms with E-state index in [0.717, 1.165) is 24.9 Å². The van der Waals surface area contributed by atoms with E-state index >= 15 is 0 Å². The van der Waals surface area contributed by atoms with E-state index < -0.39 is 0 Å². The van der Waals surface area contributed by atoms with Gasteiger partial charge in [-0.3, -0.25) is 0 Å². The monoisotopic (exact) mass is 270 g/mol. The van der Waals surface area contributed by atoms with E-state index in [1.807, 2.05) is 24.3 Å². The molecule has 1 saturated carbocycles. The molecule has 1 aliphatic carbocycles. The number of hydrogen-bond acceptors (Lipinski definition) is 3. The Morgan fingerprint density at radius 2 is 2.20 bits per heavy atom. The van der Waals surface area contributed by atoms with Crippen molar-refractivity contribution in [1.82, 2.24) is 5.32 Å². The Hall–Kier alpha value is -1.63. The van der Waals surface area contributed by atoms with Gasteiger partial charge in [-0.25, -0.2) is 0 Å². The number of nitrogens with one attached hydrogen (secondary N) is 1. The molecule has 20 heavy (non-hydrogen) atoms. The normalized spacial score (nSPS) is 25.9. The molecule has 0 spiro atoms. The largest absolute Gasteiger partial charge is 0.396 e. The van der Waals surface area contributed by atoms with Crippen LogP contribution in [0.4, 0.5) is 0 Å². The van der Waals surface area contributed by atoms with E-state index in [1.165, 1.54) is 6.42 Å². The maximum Gasteiger partial charge on any atom is 0.0991 e. The zero-order chi connectivity index (χ0) is 14.4. The Morgan fingerprint density at radius 3 is 2.85 bits per heavy atom. The van der Waals surface area contributed by atoms with E-state index in [0.29, 0.717) is 11.6 Å². The zero-order valence-electron chi connectivity index (χ0n) is 12.0. The van der Waals surface area contributed by atoms with Gasteiger partial charge in [-0.15, -0.1) is 0 Å². The average molecular weight is 270 g/mol. The second-order valence-electron chi connectivity index (χ2n) is 5.80. The first kappa shape index (κ1) is 14.8. The minimum Gasteiger partial charge on any atom is -0.396 e. The van der Waals surface area contributed by atoms with Crippen LogP contribution in [-0.4, -0.2) is 24.3 Å². The average Bonchev–Trinajstić information content (AvgIpc) is 2.86. The number of benzene rings is 1. The van der Waals surface area contributed by atoms with Gasteiger partial charge in [-0.2, -0.15) is 5.26 Å². The van der Waals surface area contributed by atoms with Crippen LogP contribution >= 0.6 is 0 Å². The van der Waals surface area contributed by atoms with Crippen molar-refractivity contribution >= 4 is 6.08 Å². The molecular formula is C17H22N2O. The van der Waals surface area contributed by atoms with Gasteiger partial charge in [0.15, 0.2) is 0 Å². The lowest BCUT2D eigenvalue weighted by molar-refractivity contribution is 0.120. The van der Waals surface area contributed by atoms with E-state index in [1.54, 1.807) is 0 Å². The summed E-state index contributed by atoms with van der Waals surface area (Å²) in [6.07, 6.45) is 7.58. The van der Waals surface area contributed by atoms with Crippen molar-refractivity contribution < 1.29 is 5.11 Å². The predicted molar refractivity (Wildman–Crippen MR) is 81.0 cm³/mol. The molecule has 1 aromatic carbocycles. The Balaban J connectivity index is 1.83. The fourth-order valence-electron chi connectivity index (χ4n) is 2.84. The van der Waals surface area contributed by atoms with Crippen molar-refractivity contribution in [3.63, 3.8) is 0 Å². The molecule has 2 atom stereocenters. The van der Waals surface area contributed by atoms with Gasteiger partial charge in [0.25, 0.3) is 0 Å². The molecule has 2 unspecified atom stereocenters. The van der Waals surface area contributed by atoms with Gasteiger partial charge < -0.3 is 10.4 Å². The number of aliphatic hydroxyl groups excluding tert-OH is 1. The van der Waals surface area contributed by atoms with Crippen molar-refractivity contribution in [2.45, 2.75) is 32.2 Å². The fourth-order valence-corrected chi connectivity index (χ4v) is 2.84. The molecule has 106 valence electrons. The van der Waals surface area contributed by atoms with Crippen LogP contribution in [0.5, 0.6) is 0 Å². The first-order chi connectivity index (χ1) is 9.68. The van der Waals surface area contributed by atoms with Crippen LogP contribution in [0.1, 0.15) is 37.3 Å². The van der Waals surface area contributed by atoms with Gasteiger partial charge >= 0.3 is 0 Å². The molecule has 0 aliphatic heterocycles. The van der Waals surface area contributed by atoms with Crippen LogP contribution in [-0.2, 0) is 0 Å². The van der Waals surface area contributed by atoms with Crippen molar-refractivity contribution in [3.05, 3.63) is 41.5 Å². The number of rotatable bonds is 5. The van der Waals surface area contributed by atoms with Crippen LogP contribution in [0.3, 0.4) is 0 Å². The Morgan fingerprint density at radius 1 is 1.45 bits per heavy atom. The summed E-state index contributed by atoms with van der Waals surface area (Å²) >= 11 is 0. The molecule has 2 N–H and O–H groups in total. The van der Waals surface area contributed by atoms with Crippen LogP contribution < -0.4 is 5.32 Å². The molecule has 0 amide bonds. The highest BCUT2D eigenvalue weighted by atomic mass is 16.3. The lowest BCUT2D eigenvalue weighted by atomic mass is 9.86. The highest BCUT2D eigenvalue weighted by molar-refractivity contribution is 5.51. The number of nitrogens with zero attached hydrogens (tertiary/aromatic N) is 1.